The topological polar surface area (TPSA) is 42.2 Å². The van der Waals surface area contributed by atoms with Gasteiger partial charge in [-0.3, -0.25) is 4.79 Å². The van der Waals surface area contributed by atoms with Gasteiger partial charge in [0.15, 0.2) is 0 Å². The Hall–Kier alpha value is -2.33. The van der Waals surface area contributed by atoms with Crippen molar-refractivity contribution in [3.63, 3.8) is 0 Å². The molecule has 0 saturated heterocycles. The van der Waals surface area contributed by atoms with E-state index < -0.39 is 0 Å². The van der Waals surface area contributed by atoms with Crippen LogP contribution in [0.1, 0.15) is 11.1 Å². The van der Waals surface area contributed by atoms with Crippen molar-refractivity contribution in [2.45, 2.75) is 6.42 Å². The van der Waals surface area contributed by atoms with Gasteiger partial charge in [0.1, 0.15) is 0 Å². The highest BCUT2D eigenvalue weighted by atomic mass is 32.1. The van der Waals surface area contributed by atoms with Gasteiger partial charge < -0.3 is 5.21 Å². The summed E-state index contributed by atoms with van der Waals surface area (Å²) in [6.45, 7) is 0. The zero-order valence-corrected chi connectivity index (χ0v) is 11.5. The molecule has 2 aromatic heterocycles. The lowest BCUT2D eigenvalue weighted by Crippen LogP contribution is -2.21. The molecule has 100 valence electrons. The maximum atomic E-state index is 12.0. The first kappa shape index (κ1) is 12.7. The minimum Gasteiger partial charge on any atom is -0.425 e. The van der Waals surface area contributed by atoms with Gasteiger partial charge in [-0.15, -0.1) is 11.3 Å². The van der Waals surface area contributed by atoms with E-state index in [2.05, 4.69) is 0 Å². The Kier molecular flexibility index (Phi) is 3.39. The molecule has 0 unspecified atom stereocenters. The van der Waals surface area contributed by atoms with Gasteiger partial charge >= 0.3 is 0 Å². The van der Waals surface area contributed by atoms with Crippen LogP contribution in [-0.2, 0) is 6.42 Å². The molecule has 20 heavy (non-hydrogen) atoms. The van der Waals surface area contributed by atoms with Crippen molar-refractivity contribution in [3.8, 4) is 10.4 Å². The van der Waals surface area contributed by atoms with E-state index in [9.17, 15) is 10.0 Å². The molecule has 1 aromatic carbocycles. The highest BCUT2D eigenvalue weighted by Gasteiger charge is 2.09. The molecule has 2 heterocycles. The Bertz CT molecular complexity index is 761. The summed E-state index contributed by atoms with van der Waals surface area (Å²) in [4.78, 5) is 13.0. The Balaban J connectivity index is 2.04. The van der Waals surface area contributed by atoms with Crippen molar-refractivity contribution >= 4 is 11.3 Å². The van der Waals surface area contributed by atoms with E-state index in [0.717, 1.165) is 16.0 Å². The molecule has 0 bridgehead atoms. The number of rotatable bonds is 3. The summed E-state index contributed by atoms with van der Waals surface area (Å²) < 4.78 is 0.674. The molecular weight excluding hydrogens is 270 g/mol. The van der Waals surface area contributed by atoms with Gasteiger partial charge in [0, 0.05) is 22.4 Å². The molecule has 0 amide bonds. The van der Waals surface area contributed by atoms with Crippen LogP contribution >= 0.6 is 11.3 Å². The molecule has 0 radical (unpaired) electrons. The average molecular weight is 283 g/mol. The summed E-state index contributed by atoms with van der Waals surface area (Å²) >= 11 is 1.58. The van der Waals surface area contributed by atoms with Crippen LogP contribution < -0.4 is 5.56 Å². The van der Waals surface area contributed by atoms with E-state index in [1.165, 1.54) is 6.20 Å². The third-order valence-electron chi connectivity index (χ3n) is 3.12. The predicted molar refractivity (Wildman–Crippen MR) is 80.4 cm³/mol. The van der Waals surface area contributed by atoms with E-state index in [1.54, 1.807) is 11.3 Å². The van der Waals surface area contributed by atoms with Gasteiger partial charge in [-0.2, -0.15) is 4.73 Å². The van der Waals surface area contributed by atoms with Crippen LogP contribution in [0.3, 0.4) is 0 Å². The molecule has 0 aliphatic carbocycles. The molecule has 0 aliphatic rings. The van der Waals surface area contributed by atoms with Gasteiger partial charge in [-0.05, 0) is 23.1 Å². The van der Waals surface area contributed by atoms with Crippen molar-refractivity contribution < 1.29 is 5.21 Å². The van der Waals surface area contributed by atoms with Gasteiger partial charge in [-0.1, -0.05) is 36.4 Å². The van der Waals surface area contributed by atoms with Gasteiger partial charge in [0.05, 0.1) is 6.20 Å². The average Bonchev–Trinajstić information content (AvgIpc) is 2.99. The lowest BCUT2D eigenvalue weighted by molar-refractivity contribution is 0.174. The van der Waals surface area contributed by atoms with Crippen LogP contribution in [0.15, 0.2) is 64.9 Å². The second kappa shape index (κ2) is 5.35. The molecular formula is C16H13NO2S. The third-order valence-corrected chi connectivity index (χ3v) is 4.04. The highest BCUT2D eigenvalue weighted by Crippen LogP contribution is 2.24. The minimum atomic E-state index is -0.367. The molecule has 4 heteroatoms. The maximum absolute atomic E-state index is 12.0. The predicted octanol–water partition coefficient (Wildman–Crippen LogP) is 3.40. The number of aromatic nitrogens is 1. The van der Waals surface area contributed by atoms with E-state index in [1.807, 2.05) is 53.9 Å². The van der Waals surface area contributed by atoms with Gasteiger partial charge in [-0.25, -0.2) is 0 Å². The second-order valence-electron chi connectivity index (χ2n) is 4.54. The maximum Gasteiger partial charge on any atom is 0.286 e. The van der Waals surface area contributed by atoms with E-state index >= 15 is 0 Å². The number of pyridine rings is 1. The SMILES string of the molecule is O=c1c(Cc2ccccc2)cc(-c2cccs2)cn1O. The summed E-state index contributed by atoms with van der Waals surface area (Å²) in [5.41, 5.74) is 2.12. The second-order valence-corrected chi connectivity index (χ2v) is 5.49. The lowest BCUT2D eigenvalue weighted by Gasteiger charge is -2.06. The monoisotopic (exact) mass is 283 g/mol. The van der Waals surface area contributed by atoms with Crippen molar-refractivity contribution in [1.29, 1.82) is 0 Å². The number of hydrogen-bond donors (Lipinski definition) is 1. The summed E-state index contributed by atoms with van der Waals surface area (Å²) in [5.74, 6) is 0. The normalized spacial score (nSPS) is 10.6. The van der Waals surface area contributed by atoms with Crippen LogP contribution in [-0.4, -0.2) is 9.94 Å². The number of thiophene rings is 1. The van der Waals surface area contributed by atoms with Crippen LogP contribution in [0.2, 0.25) is 0 Å². The Labute approximate surface area is 120 Å². The fourth-order valence-corrected chi connectivity index (χ4v) is 2.85. The first-order chi connectivity index (χ1) is 9.74. The number of hydrogen-bond acceptors (Lipinski definition) is 3. The molecule has 0 fully saturated rings. The fourth-order valence-electron chi connectivity index (χ4n) is 2.14. The molecule has 1 N–H and O–H groups in total. The van der Waals surface area contributed by atoms with E-state index in [4.69, 9.17) is 0 Å². The minimum absolute atomic E-state index is 0.367. The van der Waals surface area contributed by atoms with E-state index in [0.29, 0.717) is 16.7 Å². The van der Waals surface area contributed by atoms with Crippen LogP contribution in [0.25, 0.3) is 10.4 Å². The first-order valence-electron chi connectivity index (χ1n) is 6.26. The van der Waals surface area contributed by atoms with Crippen molar-refractivity contribution in [3.05, 3.63) is 81.6 Å². The van der Waals surface area contributed by atoms with Crippen molar-refractivity contribution in [1.82, 2.24) is 4.73 Å². The van der Waals surface area contributed by atoms with Crippen molar-refractivity contribution in [2.75, 3.05) is 0 Å². The largest absolute Gasteiger partial charge is 0.425 e. The van der Waals surface area contributed by atoms with Gasteiger partial charge in [0.25, 0.3) is 5.56 Å². The fraction of sp³-hybridized carbons (Fsp3) is 0.0625. The Morgan fingerprint density at radius 3 is 2.60 bits per heavy atom. The van der Waals surface area contributed by atoms with Crippen LogP contribution in [0, 0.1) is 0 Å². The summed E-state index contributed by atoms with van der Waals surface area (Å²) in [5, 5.41) is 11.7. The number of benzene rings is 1. The molecule has 0 saturated carbocycles. The summed E-state index contributed by atoms with van der Waals surface area (Å²) in [6, 6.07) is 15.5. The lowest BCUT2D eigenvalue weighted by atomic mass is 10.0. The highest BCUT2D eigenvalue weighted by molar-refractivity contribution is 7.13. The summed E-state index contributed by atoms with van der Waals surface area (Å²) in [6.07, 6.45) is 1.97. The first-order valence-corrected chi connectivity index (χ1v) is 7.14. The third kappa shape index (κ3) is 2.51. The number of nitrogens with zero attached hydrogens (tertiary/aromatic N) is 1. The van der Waals surface area contributed by atoms with Crippen molar-refractivity contribution in [2.24, 2.45) is 0 Å². The van der Waals surface area contributed by atoms with Crippen LogP contribution in [0.4, 0.5) is 0 Å². The Morgan fingerprint density at radius 2 is 1.90 bits per heavy atom. The smallest absolute Gasteiger partial charge is 0.286 e. The summed E-state index contributed by atoms with van der Waals surface area (Å²) in [7, 11) is 0. The molecule has 0 atom stereocenters. The molecule has 0 spiro atoms. The van der Waals surface area contributed by atoms with E-state index in [-0.39, 0.29) is 5.56 Å². The molecule has 3 aromatic rings. The quantitative estimate of drug-likeness (QED) is 0.748. The van der Waals surface area contributed by atoms with Crippen LogP contribution in [0.5, 0.6) is 0 Å². The zero-order chi connectivity index (χ0) is 13.9. The zero-order valence-electron chi connectivity index (χ0n) is 10.7. The molecule has 3 rings (SSSR count). The van der Waals surface area contributed by atoms with Gasteiger partial charge in [0.2, 0.25) is 0 Å². The molecule has 3 nitrogen and oxygen atoms in total. The standard InChI is InChI=1S/C16H13NO2S/c18-16-13(9-12-5-2-1-3-6-12)10-14(11-17(16)19)15-7-4-8-20-15/h1-8,10-11,19H,9H2. The molecule has 0 aliphatic heterocycles. The Morgan fingerprint density at radius 1 is 1.10 bits per heavy atom.